The van der Waals surface area contributed by atoms with Gasteiger partial charge < -0.3 is 9.64 Å². The maximum absolute atomic E-state index is 15.1. The monoisotopic (exact) mass is 697 g/mol. The number of aromatic nitrogens is 2. The predicted molar refractivity (Wildman–Crippen MR) is 176 cm³/mol. The Morgan fingerprint density at radius 3 is 2.31 bits per heavy atom. The van der Waals surface area contributed by atoms with E-state index in [1.807, 2.05) is 4.90 Å². The Bertz CT molecular complexity index is 2030. The lowest BCUT2D eigenvalue weighted by Gasteiger charge is -2.39. The number of nitrogens with one attached hydrogen (secondary N) is 1. The molecule has 2 aromatic heterocycles. The van der Waals surface area contributed by atoms with E-state index in [2.05, 4.69) is 19.6 Å². The van der Waals surface area contributed by atoms with Crippen molar-refractivity contribution in [2.45, 2.75) is 50.6 Å². The summed E-state index contributed by atoms with van der Waals surface area (Å²) >= 11 is 0. The number of pyridine rings is 2. The van der Waals surface area contributed by atoms with Crippen molar-refractivity contribution in [3.05, 3.63) is 89.0 Å². The second-order valence-corrected chi connectivity index (χ2v) is 13.7. The van der Waals surface area contributed by atoms with Crippen LogP contribution in [0, 0.1) is 30.2 Å². The molecule has 2 fully saturated rings. The second-order valence-electron chi connectivity index (χ2n) is 12.1. The van der Waals surface area contributed by atoms with Crippen LogP contribution in [-0.4, -0.2) is 67.6 Å². The first-order chi connectivity index (χ1) is 23.4. The molecule has 14 heteroatoms. The van der Waals surface area contributed by atoms with E-state index in [4.69, 9.17) is 4.74 Å². The molecule has 2 aliphatic rings. The summed E-state index contributed by atoms with van der Waals surface area (Å²) in [5.74, 6) is -5.02. The summed E-state index contributed by atoms with van der Waals surface area (Å²) in [4.78, 5) is 25.6. The average Bonchev–Trinajstić information content (AvgIpc) is 3.91. The minimum atomic E-state index is -4.34. The highest BCUT2D eigenvalue weighted by molar-refractivity contribution is 7.92. The fraction of sp³-hybridized carbons (Fsp3) is 0.343. The lowest BCUT2D eigenvalue weighted by molar-refractivity contribution is -0.151. The van der Waals surface area contributed by atoms with Gasteiger partial charge in [0.25, 0.3) is 10.0 Å². The molecular formula is C35H35F4N5O4S. The van der Waals surface area contributed by atoms with Gasteiger partial charge in [-0.3, -0.25) is 14.4 Å². The van der Waals surface area contributed by atoms with Crippen molar-refractivity contribution in [2.75, 3.05) is 42.4 Å². The van der Waals surface area contributed by atoms with E-state index in [1.165, 1.54) is 24.3 Å². The van der Waals surface area contributed by atoms with Gasteiger partial charge in [-0.05, 0) is 86.7 Å². The van der Waals surface area contributed by atoms with Crippen LogP contribution < -0.4 is 9.62 Å². The largest absolute Gasteiger partial charge is 0.465 e. The molecule has 49 heavy (non-hydrogen) atoms. The number of rotatable bonds is 10. The number of anilines is 2. The normalized spacial score (nSPS) is 16.0. The van der Waals surface area contributed by atoms with Crippen molar-refractivity contribution in [1.82, 2.24) is 14.9 Å². The number of ether oxygens (including phenoxy) is 1. The van der Waals surface area contributed by atoms with Crippen molar-refractivity contribution < 1.29 is 35.5 Å². The van der Waals surface area contributed by atoms with Crippen LogP contribution >= 0.6 is 0 Å². The molecule has 1 aliphatic carbocycles. The topological polar surface area (TPSA) is 105 Å². The van der Waals surface area contributed by atoms with Crippen molar-refractivity contribution in [3.63, 3.8) is 0 Å². The van der Waals surface area contributed by atoms with Gasteiger partial charge in [0.05, 0.1) is 12.3 Å². The number of aryl methyl sites for hydroxylation is 2. The maximum Gasteiger partial charge on any atom is 0.326 e. The van der Waals surface area contributed by atoms with Crippen LogP contribution in [0.2, 0.25) is 0 Å². The molecule has 3 heterocycles. The average molecular weight is 698 g/mol. The van der Waals surface area contributed by atoms with E-state index in [9.17, 15) is 26.4 Å². The quantitative estimate of drug-likeness (QED) is 0.118. The summed E-state index contributed by atoms with van der Waals surface area (Å²) in [6.45, 7) is 7.67. The number of sulfonamides is 1. The van der Waals surface area contributed by atoms with Crippen molar-refractivity contribution in [2.24, 2.45) is 0 Å². The van der Waals surface area contributed by atoms with Gasteiger partial charge in [0.15, 0.2) is 22.5 Å². The molecule has 1 aliphatic heterocycles. The van der Waals surface area contributed by atoms with Gasteiger partial charge in [0.1, 0.15) is 23.0 Å². The number of nitrogens with zero attached hydrogens (tertiary/aromatic N) is 4. The molecule has 258 valence electrons. The Labute approximate surface area is 282 Å². The van der Waals surface area contributed by atoms with Crippen LogP contribution in [0.5, 0.6) is 0 Å². The lowest BCUT2D eigenvalue weighted by Crippen LogP contribution is -2.54. The third kappa shape index (κ3) is 6.58. The predicted octanol–water partition coefficient (Wildman–Crippen LogP) is 6.26. The van der Waals surface area contributed by atoms with Crippen molar-refractivity contribution in [1.29, 1.82) is 0 Å². The fourth-order valence-corrected chi connectivity index (χ4v) is 7.22. The van der Waals surface area contributed by atoms with Gasteiger partial charge in [-0.15, -0.1) is 0 Å². The molecule has 6 rings (SSSR count). The first kappa shape index (κ1) is 34.3. The van der Waals surface area contributed by atoms with Gasteiger partial charge in [0, 0.05) is 42.9 Å². The third-order valence-electron chi connectivity index (χ3n) is 9.07. The number of carbonyl (C=O) groups excluding carboxylic acids is 1. The molecule has 0 bridgehead atoms. The Morgan fingerprint density at radius 1 is 0.898 bits per heavy atom. The van der Waals surface area contributed by atoms with E-state index in [1.54, 1.807) is 32.9 Å². The maximum atomic E-state index is 15.1. The number of halogens is 4. The van der Waals surface area contributed by atoms with E-state index in [0.29, 0.717) is 49.7 Å². The molecule has 0 atom stereocenters. The van der Waals surface area contributed by atoms with Crippen LogP contribution in [0.3, 0.4) is 0 Å². The first-order valence-electron chi connectivity index (χ1n) is 16.0. The number of hydrogen-bond donors (Lipinski definition) is 1. The van der Waals surface area contributed by atoms with Crippen LogP contribution in [0.15, 0.2) is 59.6 Å². The fourth-order valence-electron chi connectivity index (χ4n) is 6.21. The number of piperazine rings is 1. The Morgan fingerprint density at radius 2 is 1.63 bits per heavy atom. The van der Waals surface area contributed by atoms with Gasteiger partial charge in [-0.1, -0.05) is 19.1 Å². The molecular weight excluding hydrogens is 662 g/mol. The Kier molecular flexibility index (Phi) is 9.38. The summed E-state index contributed by atoms with van der Waals surface area (Å²) in [5.41, 5.74) is 0.150. The van der Waals surface area contributed by atoms with Crippen LogP contribution in [0.25, 0.3) is 22.4 Å². The highest BCUT2D eigenvalue weighted by Gasteiger charge is 2.56. The molecule has 1 saturated carbocycles. The molecule has 9 nitrogen and oxygen atoms in total. The molecule has 4 aromatic rings. The number of carbonyl (C=O) groups is 1. The van der Waals surface area contributed by atoms with Gasteiger partial charge in [-0.25, -0.2) is 27.5 Å². The second kappa shape index (κ2) is 13.4. The third-order valence-corrected chi connectivity index (χ3v) is 10.3. The van der Waals surface area contributed by atoms with Crippen molar-refractivity contribution >= 4 is 27.6 Å². The zero-order valence-electron chi connectivity index (χ0n) is 27.2. The molecule has 0 amide bonds. The van der Waals surface area contributed by atoms with Gasteiger partial charge in [0.2, 0.25) is 0 Å². The van der Waals surface area contributed by atoms with Crippen molar-refractivity contribution in [3.8, 4) is 22.4 Å². The zero-order valence-corrected chi connectivity index (χ0v) is 28.0. The first-order valence-corrected chi connectivity index (χ1v) is 17.5. The number of benzene rings is 2. The highest BCUT2D eigenvalue weighted by Crippen LogP contribution is 2.43. The zero-order chi connectivity index (χ0) is 35.1. The molecule has 0 unspecified atom stereocenters. The van der Waals surface area contributed by atoms with E-state index >= 15 is 4.39 Å². The van der Waals surface area contributed by atoms with E-state index < -0.39 is 38.8 Å². The molecule has 1 N–H and O–H groups in total. The Hall–Kier alpha value is -4.56. The summed E-state index contributed by atoms with van der Waals surface area (Å²) in [5, 5.41) is -0.277. The summed E-state index contributed by atoms with van der Waals surface area (Å²) in [6.07, 6.45) is 1.71. The summed E-state index contributed by atoms with van der Waals surface area (Å²) in [7, 11) is -4.34. The number of esters is 1. The van der Waals surface area contributed by atoms with Crippen LogP contribution in [0.4, 0.5) is 29.2 Å². The smallest absolute Gasteiger partial charge is 0.326 e. The van der Waals surface area contributed by atoms with E-state index in [0.717, 1.165) is 31.0 Å². The molecule has 1 saturated heterocycles. The van der Waals surface area contributed by atoms with Crippen LogP contribution in [0.1, 0.15) is 37.8 Å². The van der Waals surface area contributed by atoms with E-state index in [-0.39, 0.29) is 45.6 Å². The Balaban J connectivity index is 1.32. The number of hydrogen-bond acceptors (Lipinski definition) is 8. The summed E-state index contributed by atoms with van der Waals surface area (Å²) in [6, 6.07) is 11.8. The standard InChI is InChI=1S/C35H35F4N5O4S/c1-4-22-19-26(24-11-12-27(37)31(39)30(24)38)32(25-20-23(36)10-9-21(25)3)41-33(22)42-49(46,47)29-8-6-7-28(40-29)43-15-17-44(18-16-43)35(13-14-35)34(45)48-5-2/h6-12,19-20H,4-5,13-18H2,1-3H3,(H,41,42). The van der Waals surface area contributed by atoms with Gasteiger partial charge >= 0.3 is 5.97 Å². The lowest BCUT2D eigenvalue weighted by atomic mass is 9.94. The van der Waals surface area contributed by atoms with Crippen LogP contribution in [-0.2, 0) is 26.0 Å². The molecule has 0 spiro atoms. The van der Waals surface area contributed by atoms with Gasteiger partial charge in [-0.2, -0.15) is 8.42 Å². The minimum absolute atomic E-state index is 0.0279. The minimum Gasteiger partial charge on any atom is -0.465 e. The highest BCUT2D eigenvalue weighted by atomic mass is 32.2. The summed E-state index contributed by atoms with van der Waals surface area (Å²) < 4.78 is 93.2. The molecule has 2 aromatic carbocycles. The SMILES string of the molecule is CCOC(=O)C1(N2CCN(c3cccc(S(=O)(=O)Nc4nc(-c5cc(F)ccc5C)c(-c5ccc(F)c(F)c5F)cc4CC)n3)CC2)CC1. The molecule has 0 radical (unpaired) electrons.